The van der Waals surface area contributed by atoms with Crippen molar-refractivity contribution in [2.24, 2.45) is 0 Å². The van der Waals surface area contributed by atoms with Crippen molar-refractivity contribution in [2.75, 3.05) is 59.4 Å². The van der Waals surface area contributed by atoms with E-state index < -0.39 is 67.3 Å². The molecule has 2 atom stereocenters. The predicted molar refractivity (Wildman–Crippen MR) is 184 cm³/mol. The van der Waals surface area contributed by atoms with Crippen LogP contribution >= 0.6 is 0 Å². The number of aliphatic hydroxyl groups is 1. The van der Waals surface area contributed by atoms with Gasteiger partial charge in [0.25, 0.3) is 0 Å². The highest BCUT2D eigenvalue weighted by Crippen LogP contribution is 2.08. The number of hydrogen-bond donors (Lipinski definition) is 3. The van der Waals surface area contributed by atoms with Crippen molar-refractivity contribution < 1.29 is 86.5 Å². The van der Waals surface area contributed by atoms with E-state index in [9.17, 15) is 38.4 Å². The molecule has 0 spiro atoms. The molecule has 1 amide bonds. The van der Waals surface area contributed by atoms with Crippen molar-refractivity contribution in [3.63, 3.8) is 0 Å². The Morgan fingerprint density at radius 3 is 1.56 bits per heavy atom. The van der Waals surface area contributed by atoms with Crippen LogP contribution in [0.5, 0.6) is 0 Å². The summed E-state index contributed by atoms with van der Waals surface area (Å²) in [5.74, 6) is -5.33. The van der Waals surface area contributed by atoms with Gasteiger partial charge in [0.2, 0.25) is 0 Å². The number of esters is 7. The summed E-state index contributed by atoms with van der Waals surface area (Å²) in [5.41, 5.74) is 0. The Bertz CT molecular complexity index is 1130. The zero-order valence-corrected chi connectivity index (χ0v) is 31.3. The molecule has 0 saturated carbocycles. The van der Waals surface area contributed by atoms with Crippen LogP contribution in [0.15, 0.2) is 0 Å². The number of unbranched alkanes of at least 4 members (excludes halogenated alkanes) is 8. The highest BCUT2D eigenvalue weighted by atomic mass is 16.6. The van der Waals surface area contributed by atoms with Gasteiger partial charge in [-0.15, -0.1) is 0 Å². The SMILES string of the molecule is CC(OC(=O)COC(=O)COC(=O)CCCCCCCNC(=O)O)C(=O)OC(C)C(=O)OCCCCCC(=O)OCCOCCOC(=O)CCCCCO. The molecule has 0 aromatic rings. The van der Waals surface area contributed by atoms with Crippen LogP contribution in [0.3, 0.4) is 0 Å². The van der Waals surface area contributed by atoms with E-state index in [-0.39, 0.29) is 64.9 Å². The van der Waals surface area contributed by atoms with Gasteiger partial charge in [-0.1, -0.05) is 25.7 Å². The summed E-state index contributed by atoms with van der Waals surface area (Å²) in [6, 6.07) is 0. The Hall–Kier alpha value is -4.52. The summed E-state index contributed by atoms with van der Waals surface area (Å²) in [6.45, 7) is 1.83. The Balaban J connectivity index is 3.88. The van der Waals surface area contributed by atoms with Gasteiger partial charge in [0.05, 0.1) is 19.8 Å². The van der Waals surface area contributed by atoms with Crippen LogP contribution in [0.1, 0.15) is 104 Å². The maximum atomic E-state index is 12.2. The number of aliphatic hydroxyl groups excluding tert-OH is 1. The lowest BCUT2D eigenvalue weighted by Gasteiger charge is -2.16. The largest absolute Gasteiger partial charge is 0.465 e. The molecular formula is C35H57NO18. The predicted octanol–water partition coefficient (Wildman–Crippen LogP) is 2.30. The van der Waals surface area contributed by atoms with Crippen LogP contribution < -0.4 is 5.32 Å². The highest BCUT2D eigenvalue weighted by Gasteiger charge is 2.26. The molecule has 0 aromatic carbocycles. The fraction of sp³-hybridized carbons (Fsp3) is 0.771. The first-order valence-corrected chi connectivity index (χ1v) is 18.2. The summed E-state index contributed by atoms with van der Waals surface area (Å²) in [6.07, 6.45) is 3.75. The molecule has 0 saturated heterocycles. The minimum Gasteiger partial charge on any atom is -0.465 e. The first-order valence-electron chi connectivity index (χ1n) is 18.2. The highest BCUT2D eigenvalue weighted by molar-refractivity contribution is 5.84. The monoisotopic (exact) mass is 779 g/mol. The molecular weight excluding hydrogens is 722 g/mol. The smallest absolute Gasteiger partial charge is 0.404 e. The number of ether oxygens (including phenoxy) is 8. The minimum absolute atomic E-state index is 0.0116. The Kier molecular flexibility index (Phi) is 30.3. The second kappa shape index (κ2) is 33.1. The molecule has 19 heteroatoms. The number of rotatable bonds is 33. The Morgan fingerprint density at radius 1 is 0.481 bits per heavy atom. The Labute approximate surface area is 314 Å². The van der Waals surface area contributed by atoms with Crippen LogP contribution in [0, 0.1) is 0 Å². The van der Waals surface area contributed by atoms with Crippen LogP contribution in [-0.2, 0) is 71.5 Å². The molecule has 0 aromatic heterocycles. The van der Waals surface area contributed by atoms with E-state index in [2.05, 4.69) is 10.1 Å². The lowest BCUT2D eigenvalue weighted by atomic mass is 10.1. The molecule has 0 rings (SSSR count). The second-order valence-corrected chi connectivity index (χ2v) is 11.8. The van der Waals surface area contributed by atoms with Gasteiger partial charge in [-0.05, 0) is 58.8 Å². The Morgan fingerprint density at radius 2 is 0.963 bits per heavy atom. The summed E-state index contributed by atoms with van der Waals surface area (Å²) in [7, 11) is 0. The number of amides is 1. The second-order valence-electron chi connectivity index (χ2n) is 11.8. The lowest BCUT2D eigenvalue weighted by Crippen LogP contribution is -2.34. The van der Waals surface area contributed by atoms with Crippen LogP contribution in [0.4, 0.5) is 4.79 Å². The van der Waals surface area contributed by atoms with Gasteiger partial charge in [0.15, 0.2) is 25.4 Å². The van der Waals surface area contributed by atoms with E-state index in [4.69, 9.17) is 43.4 Å². The zero-order valence-electron chi connectivity index (χ0n) is 31.3. The van der Waals surface area contributed by atoms with Crippen LogP contribution in [0.2, 0.25) is 0 Å². The molecule has 0 radical (unpaired) electrons. The third-order valence-electron chi connectivity index (χ3n) is 7.09. The molecule has 0 bridgehead atoms. The van der Waals surface area contributed by atoms with Gasteiger partial charge in [-0.25, -0.2) is 24.0 Å². The minimum atomic E-state index is -1.44. The third-order valence-corrected chi connectivity index (χ3v) is 7.09. The van der Waals surface area contributed by atoms with Crippen molar-refractivity contribution in [2.45, 2.75) is 116 Å². The molecule has 0 fully saturated rings. The van der Waals surface area contributed by atoms with Gasteiger partial charge >= 0.3 is 47.9 Å². The fourth-order valence-corrected chi connectivity index (χ4v) is 4.18. The zero-order chi connectivity index (χ0) is 40.4. The number of carboxylic acid groups (broad SMARTS) is 1. The van der Waals surface area contributed by atoms with Crippen molar-refractivity contribution in [3.8, 4) is 0 Å². The maximum absolute atomic E-state index is 12.2. The summed E-state index contributed by atoms with van der Waals surface area (Å²) < 4.78 is 39.7. The summed E-state index contributed by atoms with van der Waals surface area (Å²) >= 11 is 0. The van der Waals surface area contributed by atoms with E-state index in [0.717, 1.165) is 25.7 Å². The summed E-state index contributed by atoms with van der Waals surface area (Å²) in [5, 5.41) is 19.5. The fourth-order valence-electron chi connectivity index (χ4n) is 4.18. The van der Waals surface area contributed by atoms with E-state index >= 15 is 0 Å². The van der Waals surface area contributed by atoms with Crippen LogP contribution in [-0.4, -0.2) is 130 Å². The van der Waals surface area contributed by atoms with Crippen molar-refractivity contribution in [3.05, 3.63) is 0 Å². The van der Waals surface area contributed by atoms with E-state index in [1.54, 1.807) is 0 Å². The van der Waals surface area contributed by atoms with E-state index in [1.165, 1.54) is 13.8 Å². The van der Waals surface area contributed by atoms with Gasteiger partial charge < -0.3 is 53.4 Å². The molecule has 0 aliphatic carbocycles. The number of nitrogens with one attached hydrogen (secondary N) is 1. The molecule has 2 unspecified atom stereocenters. The molecule has 0 aliphatic rings. The number of carbonyl (C=O) groups is 8. The first-order chi connectivity index (χ1) is 25.8. The van der Waals surface area contributed by atoms with E-state index in [1.807, 2.05) is 0 Å². The summed E-state index contributed by atoms with van der Waals surface area (Å²) in [4.78, 5) is 93.6. The van der Waals surface area contributed by atoms with Gasteiger partial charge in [-0.3, -0.25) is 14.4 Å². The van der Waals surface area contributed by atoms with Gasteiger partial charge in [0, 0.05) is 32.4 Å². The van der Waals surface area contributed by atoms with Crippen molar-refractivity contribution in [1.29, 1.82) is 0 Å². The molecule has 3 N–H and O–H groups in total. The lowest BCUT2D eigenvalue weighted by molar-refractivity contribution is -0.179. The standard InChI is InChI=1S/C35H57NO18/c1-26(33(43)50-19-13-7-10-15-29(39)49-23-21-47-20-22-48-28(38)14-9-6-12-18-37)54-34(44)27(2)53-32(42)25-52-31(41)24-51-30(40)16-8-4-3-5-11-17-36-35(45)46/h26-27,36-37H,3-25H2,1-2H3,(H,45,46). The van der Waals surface area contributed by atoms with Gasteiger partial charge in [-0.2, -0.15) is 0 Å². The molecule has 19 nitrogen and oxygen atoms in total. The number of hydrogen-bond acceptors (Lipinski definition) is 17. The number of carbonyl (C=O) groups excluding carboxylic acids is 7. The van der Waals surface area contributed by atoms with Gasteiger partial charge in [0.1, 0.15) is 13.2 Å². The first kappa shape index (κ1) is 49.5. The molecule has 310 valence electrons. The third kappa shape index (κ3) is 31.0. The molecule has 0 aliphatic heterocycles. The molecule has 54 heavy (non-hydrogen) atoms. The van der Waals surface area contributed by atoms with E-state index in [0.29, 0.717) is 51.5 Å². The molecule has 0 heterocycles. The normalized spacial score (nSPS) is 11.7. The van der Waals surface area contributed by atoms with Crippen LogP contribution in [0.25, 0.3) is 0 Å². The average molecular weight is 780 g/mol. The quantitative estimate of drug-likeness (QED) is 0.0490. The van der Waals surface area contributed by atoms with Crippen molar-refractivity contribution in [1.82, 2.24) is 5.32 Å². The topological polar surface area (TPSA) is 263 Å². The average Bonchev–Trinajstić information content (AvgIpc) is 3.13. The maximum Gasteiger partial charge on any atom is 0.404 e. The van der Waals surface area contributed by atoms with Crippen molar-refractivity contribution >= 4 is 47.9 Å².